The first-order chi connectivity index (χ1) is 10.6. The van der Waals surface area contributed by atoms with E-state index in [9.17, 15) is 15.2 Å². The molecule has 0 amide bonds. The number of aromatic carboxylic acids is 1. The fraction of sp³-hybridized carbons (Fsp3) is 0. The van der Waals surface area contributed by atoms with Crippen LogP contribution in [0.5, 0.6) is 0 Å². The Balaban J connectivity index is 2.30. The van der Waals surface area contributed by atoms with Gasteiger partial charge in [0.25, 0.3) is 0 Å². The zero-order valence-corrected chi connectivity index (χ0v) is 12.5. The molecule has 108 valence electrons. The second-order valence-electron chi connectivity index (χ2n) is 4.26. The number of nitriles is 1. The van der Waals surface area contributed by atoms with Crippen molar-refractivity contribution in [1.82, 2.24) is 15.0 Å². The fourth-order valence-corrected chi connectivity index (χ4v) is 3.21. The Labute approximate surface area is 133 Å². The van der Waals surface area contributed by atoms with Crippen LogP contribution in [0.1, 0.15) is 15.2 Å². The summed E-state index contributed by atoms with van der Waals surface area (Å²) in [5.41, 5.74) is 1.22. The van der Waals surface area contributed by atoms with Gasteiger partial charge < -0.3 is 5.11 Å². The number of nitrogens with zero attached hydrogens (tertiary/aromatic N) is 4. The lowest BCUT2D eigenvalue weighted by Crippen LogP contribution is -1.96. The Kier molecular flexibility index (Phi) is 3.63. The van der Waals surface area contributed by atoms with Gasteiger partial charge in [0.1, 0.15) is 15.9 Å². The second-order valence-corrected chi connectivity index (χ2v) is 5.69. The quantitative estimate of drug-likeness (QED) is 0.796. The summed E-state index contributed by atoms with van der Waals surface area (Å²) in [6.07, 6.45) is 3.02. The van der Waals surface area contributed by atoms with Crippen molar-refractivity contribution in [3.63, 3.8) is 0 Å². The summed E-state index contributed by atoms with van der Waals surface area (Å²) < 4.78 is 1.38. The smallest absolute Gasteiger partial charge is 0.346 e. The van der Waals surface area contributed by atoms with Gasteiger partial charge in [-0.2, -0.15) is 5.26 Å². The van der Waals surface area contributed by atoms with Crippen LogP contribution >= 0.6 is 22.9 Å². The zero-order chi connectivity index (χ0) is 15.7. The van der Waals surface area contributed by atoms with Crippen molar-refractivity contribution in [3.8, 4) is 22.2 Å². The normalized spacial score (nSPS) is 10.4. The molecule has 0 aliphatic heterocycles. The first kappa shape index (κ1) is 14.3. The fourth-order valence-electron chi connectivity index (χ4n) is 2.04. The van der Waals surface area contributed by atoms with E-state index in [-0.39, 0.29) is 10.4 Å². The molecule has 0 bridgehead atoms. The molecule has 0 saturated heterocycles. The van der Waals surface area contributed by atoms with Crippen LogP contribution in [0, 0.1) is 11.3 Å². The maximum atomic E-state index is 11.5. The van der Waals surface area contributed by atoms with E-state index in [1.807, 2.05) is 0 Å². The van der Waals surface area contributed by atoms with Crippen LogP contribution in [0.2, 0.25) is 5.02 Å². The van der Waals surface area contributed by atoms with Crippen molar-refractivity contribution in [1.29, 1.82) is 5.26 Å². The summed E-state index contributed by atoms with van der Waals surface area (Å²) in [5.74, 6) is -1.10. The number of hydrogen-bond donors (Lipinski definition) is 1. The summed E-state index contributed by atoms with van der Waals surface area (Å²) in [7, 11) is 0. The molecule has 8 heteroatoms. The van der Waals surface area contributed by atoms with Gasteiger partial charge in [0.15, 0.2) is 0 Å². The average molecular weight is 331 g/mol. The van der Waals surface area contributed by atoms with Crippen LogP contribution in [-0.4, -0.2) is 26.1 Å². The van der Waals surface area contributed by atoms with E-state index in [2.05, 4.69) is 16.4 Å². The van der Waals surface area contributed by atoms with Gasteiger partial charge >= 0.3 is 5.97 Å². The van der Waals surface area contributed by atoms with Crippen molar-refractivity contribution < 1.29 is 9.90 Å². The van der Waals surface area contributed by atoms with Gasteiger partial charge in [-0.1, -0.05) is 28.9 Å². The maximum Gasteiger partial charge on any atom is 0.346 e. The van der Waals surface area contributed by atoms with Crippen molar-refractivity contribution in [3.05, 3.63) is 52.1 Å². The first-order valence-corrected chi connectivity index (χ1v) is 7.24. The molecule has 3 rings (SSSR count). The third-order valence-corrected chi connectivity index (χ3v) is 4.38. The highest BCUT2D eigenvalue weighted by atomic mass is 35.5. The van der Waals surface area contributed by atoms with Crippen molar-refractivity contribution in [2.75, 3.05) is 0 Å². The molecule has 0 saturated carbocycles. The predicted molar refractivity (Wildman–Crippen MR) is 81.4 cm³/mol. The van der Waals surface area contributed by atoms with E-state index in [1.54, 1.807) is 30.5 Å². The number of carbonyl (C=O) groups is 1. The Hall–Kier alpha value is -2.69. The van der Waals surface area contributed by atoms with Gasteiger partial charge in [-0.25, -0.2) is 9.48 Å². The molecular formula is C14H7ClN4O2S. The van der Waals surface area contributed by atoms with E-state index >= 15 is 0 Å². The largest absolute Gasteiger partial charge is 0.477 e. The monoisotopic (exact) mass is 330 g/mol. The molecule has 0 atom stereocenters. The van der Waals surface area contributed by atoms with Gasteiger partial charge in [0.05, 0.1) is 18.0 Å². The van der Waals surface area contributed by atoms with E-state index in [0.717, 1.165) is 11.3 Å². The minimum atomic E-state index is -1.10. The number of carboxylic acid groups (broad SMARTS) is 1. The molecule has 0 fully saturated rings. The number of thiophene rings is 1. The molecule has 1 aromatic carbocycles. The molecule has 22 heavy (non-hydrogen) atoms. The van der Waals surface area contributed by atoms with Crippen molar-refractivity contribution in [2.24, 2.45) is 0 Å². The van der Waals surface area contributed by atoms with Gasteiger partial charge in [-0.05, 0) is 17.7 Å². The van der Waals surface area contributed by atoms with Crippen molar-refractivity contribution >= 4 is 28.9 Å². The summed E-state index contributed by atoms with van der Waals surface area (Å²) in [4.78, 5) is 11.6. The molecule has 0 spiro atoms. The molecule has 2 aromatic heterocycles. The average Bonchev–Trinajstić information content (AvgIpc) is 3.14. The minimum Gasteiger partial charge on any atom is -0.477 e. The topological polar surface area (TPSA) is 91.8 Å². The number of hydrogen-bond acceptors (Lipinski definition) is 5. The van der Waals surface area contributed by atoms with Crippen LogP contribution in [0.25, 0.3) is 16.1 Å². The van der Waals surface area contributed by atoms with Crippen molar-refractivity contribution in [2.45, 2.75) is 0 Å². The van der Waals surface area contributed by atoms with E-state index in [0.29, 0.717) is 21.2 Å². The van der Waals surface area contributed by atoms with Crippen LogP contribution in [-0.2, 0) is 0 Å². The number of halogens is 1. The number of rotatable bonds is 3. The SMILES string of the molecule is N#Cc1c(-n2ccnn2)sc(C(=O)O)c1-c1ccc(Cl)cc1. The van der Waals surface area contributed by atoms with Crippen LogP contribution in [0.15, 0.2) is 36.7 Å². The van der Waals surface area contributed by atoms with Gasteiger partial charge in [0.2, 0.25) is 0 Å². The lowest BCUT2D eigenvalue weighted by atomic mass is 10.0. The first-order valence-electron chi connectivity index (χ1n) is 6.04. The molecule has 2 heterocycles. The molecule has 6 nitrogen and oxygen atoms in total. The Morgan fingerprint density at radius 2 is 2.09 bits per heavy atom. The standard InChI is InChI=1S/C14H7ClN4O2S/c15-9-3-1-8(2-4-9)11-10(7-16)13(19-6-5-17-18-19)22-12(11)14(20)21/h1-6H,(H,20,21). The Morgan fingerprint density at radius 3 is 2.64 bits per heavy atom. The molecule has 1 N–H and O–H groups in total. The molecule has 0 aliphatic carbocycles. The van der Waals surface area contributed by atoms with Crippen LogP contribution in [0.4, 0.5) is 0 Å². The lowest BCUT2D eigenvalue weighted by Gasteiger charge is -2.02. The summed E-state index contributed by atoms with van der Waals surface area (Å²) >= 11 is 6.84. The maximum absolute atomic E-state index is 11.5. The molecule has 0 aliphatic rings. The van der Waals surface area contributed by atoms with Crippen LogP contribution in [0.3, 0.4) is 0 Å². The van der Waals surface area contributed by atoms with Gasteiger partial charge in [-0.3, -0.25) is 0 Å². The predicted octanol–water partition coefficient (Wildman–Crippen LogP) is 3.22. The Morgan fingerprint density at radius 1 is 1.36 bits per heavy atom. The van der Waals surface area contributed by atoms with Gasteiger partial charge in [0, 0.05) is 10.6 Å². The molecular weight excluding hydrogens is 324 g/mol. The molecule has 0 radical (unpaired) electrons. The number of carboxylic acids is 1. The highest BCUT2D eigenvalue weighted by Crippen LogP contribution is 2.38. The third-order valence-electron chi connectivity index (χ3n) is 2.96. The molecule has 0 unspecified atom stereocenters. The highest BCUT2D eigenvalue weighted by molar-refractivity contribution is 7.17. The van der Waals surface area contributed by atoms with E-state index in [1.165, 1.54) is 10.9 Å². The summed E-state index contributed by atoms with van der Waals surface area (Å²) in [6, 6.07) is 8.73. The van der Waals surface area contributed by atoms with Crippen LogP contribution < -0.4 is 0 Å². The lowest BCUT2D eigenvalue weighted by molar-refractivity contribution is 0.0703. The minimum absolute atomic E-state index is 0.0735. The zero-order valence-electron chi connectivity index (χ0n) is 10.9. The summed E-state index contributed by atoms with van der Waals surface area (Å²) in [6.45, 7) is 0. The van der Waals surface area contributed by atoms with E-state index in [4.69, 9.17) is 11.6 Å². The number of benzene rings is 1. The molecule has 3 aromatic rings. The Bertz CT molecular complexity index is 879. The third kappa shape index (κ3) is 2.35. The second kappa shape index (κ2) is 5.60. The number of aromatic nitrogens is 3. The highest BCUT2D eigenvalue weighted by Gasteiger charge is 2.25. The summed E-state index contributed by atoms with van der Waals surface area (Å²) in [5, 5.41) is 27.4. The van der Waals surface area contributed by atoms with Gasteiger partial charge in [-0.15, -0.1) is 16.4 Å². The van der Waals surface area contributed by atoms with E-state index < -0.39 is 5.97 Å².